The highest BCUT2D eigenvalue weighted by Gasteiger charge is 2.54. The SMILES string of the molecule is O=c1ccn(C2OC(CO)(CO)C(O)C2O)c(=O)[nH]1. The van der Waals surface area contributed by atoms with E-state index in [9.17, 15) is 30.0 Å². The van der Waals surface area contributed by atoms with Crippen LogP contribution < -0.4 is 11.2 Å². The Balaban J connectivity index is 2.42. The van der Waals surface area contributed by atoms with Crippen LogP contribution in [0.3, 0.4) is 0 Å². The summed E-state index contributed by atoms with van der Waals surface area (Å²) in [6.45, 7) is -1.48. The quantitative estimate of drug-likeness (QED) is 0.384. The van der Waals surface area contributed by atoms with Gasteiger partial charge in [0.2, 0.25) is 0 Å². The van der Waals surface area contributed by atoms with Crippen LogP contribution in [0.25, 0.3) is 0 Å². The number of aromatic nitrogens is 2. The molecule has 1 fully saturated rings. The third-order valence-corrected chi connectivity index (χ3v) is 3.17. The van der Waals surface area contributed by atoms with E-state index < -0.39 is 48.5 Å². The smallest absolute Gasteiger partial charge is 0.330 e. The minimum atomic E-state index is -1.76. The van der Waals surface area contributed by atoms with Crippen LogP contribution in [-0.2, 0) is 4.74 Å². The van der Waals surface area contributed by atoms with Crippen molar-refractivity contribution >= 4 is 0 Å². The van der Waals surface area contributed by atoms with Gasteiger partial charge in [-0.15, -0.1) is 0 Å². The Morgan fingerprint density at radius 1 is 1.32 bits per heavy atom. The third-order valence-electron chi connectivity index (χ3n) is 3.17. The highest BCUT2D eigenvalue weighted by molar-refractivity contribution is 5.01. The van der Waals surface area contributed by atoms with E-state index in [1.165, 1.54) is 0 Å². The van der Waals surface area contributed by atoms with Gasteiger partial charge in [-0.25, -0.2) is 4.79 Å². The lowest BCUT2D eigenvalue weighted by atomic mass is 9.97. The molecule has 2 heterocycles. The Bertz CT molecular complexity index is 561. The van der Waals surface area contributed by atoms with Crippen molar-refractivity contribution in [2.45, 2.75) is 24.0 Å². The first-order chi connectivity index (χ1) is 8.95. The number of aliphatic hydroxyl groups excluding tert-OH is 4. The molecule has 2 rings (SSSR count). The molecule has 5 N–H and O–H groups in total. The van der Waals surface area contributed by atoms with Gasteiger partial charge in [0.1, 0.15) is 17.8 Å². The van der Waals surface area contributed by atoms with Gasteiger partial charge in [0.15, 0.2) is 6.23 Å². The van der Waals surface area contributed by atoms with Crippen molar-refractivity contribution in [3.63, 3.8) is 0 Å². The lowest BCUT2D eigenvalue weighted by Crippen LogP contribution is -2.49. The molecule has 0 saturated carbocycles. The van der Waals surface area contributed by atoms with E-state index in [1.54, 1.807) is 0 Å². The van der Waals surface area contributed by atoms with Crippen molar-refractivity contribution < 1.29 is 25.2 Å². The first-order valence-corrected chi connectivity index (χ1v) is 5.52. The van der Waals surface area contributed by atoms with E-state index in [4.69, 9.17) is 4.74 Å². The summed E-state index contributed by atoms with van der Waals surface area (Å²) in [5, 5.41) is 38.0. The number of aliphatic hydroxyl groups is 4. The number of hydrogen-bond acceptors (Lipinski definition) is 7. The summed E-state index contributed by atoms with van der Waals surface area (Å²) in [7, 11) is 0. The Morgan fingerprint density at radius 3 is 2.42 bits per heavy atom. The number of H-pyrrole nitrogens is 1. The van der Waals surface area contributed by atoms with Crippen molar-refractivity contribution in [2.75, 3.05) is 13.2 Å². The number of ether oxygens (including phenoxy) is 1. The number of nitrogens with zero attached hydrogens (tertiary/aromatic N) is 1. The second kappa shape index (κ2) is 4.87. The van der Waals surface area contributed by atoms with E-state index in [0.29, 0.717) is 0 Å². The molecule has 19 heavy (non-hydrogen) atoms. The second-order valence-corrected chi connectivity index (χ2v) is 4.34. The third kappa shape index (κ3) is 2.11. The number of nitrogens with one attached hydrogen (secondary N) is 1. The molecule has 0 spiro atoms. The van der Waals surface area contributed by atoms with Gasteiger partial charge in [-0.05, 0) is 0 Å². The van der Waals surface area contributed by atoms with Gasteiger partial charge in [0.25, 0.3) is 5.56 Å². The maximum Gasteiger partial charge on any atom is 0.330 e. The molecule has 1 saturated heterocycles. The van der Waals surface area contributed by atoms with Gasteiger partial charge in [0.05, 0.1) is 13.2 Å². The van der Waals surface area contributed by atoms with E-state index in [2.05, 4.69) is 0 Å². The van der Waals surface area contributed by atoms with Crippen molar-refractivity contribution in [1.82, 2.24) is 9.55 Å². The maximum absolute atomic E-state index is 11.6. The number of hydrogen-bond donors (Lipinski definition) is 5. The summed E-state index contributed by atoms with van der Waals surface area (Å²) in [5.74, 6) is 0. The van der Waals surface area contributed by atoms with Crippen LogP contribution in [0.5, 0.6) is 0 Å². The zero-order valence-corrected chi connectivity index (χ0v) is 9.76. The second-order valence-electron chi connectivity index (χ2n) is 4.34. The topological polar surface area (TPSA) is 145 Å². The molecule has 1 aromatic heterocycles. The van der Waals surface area contributed by atoms with Gasteiger partial charge >= 0.3 is 5.69 Å². The monoisotopic (exact) mass is 274 g/mol. The average molecular weight is 274 g/mol. The molecule has 0 amide bonds. The van der Waals surface area contributed by atoms with Crippen LogP contribution in [0.4, 0.5) is 0 Å². The first kappa shape index (κ1) is 13.9. The van der Waals surface area contributed by atoms with Crippen LogP contribution in [-0.4, -0.2) is 61.0 Å². The molecular formula is C10H14N2O7. The number of rotatable bonds is 3. The fraction of sp³-hybridized carbons (Fsp3) is 0.600. The van der Waals surface area contributed by atoms with Crippen LogP contribution >= 0.6 is 0 Å². The molecule has 106 valence electrons. The van der Waals surface area contributed by atoms with Crippen molar-refractivity contribution in [2.24, 2.45) is 0 Å². The summed E-state index contributed by atoms with van der Waals surface area (Å²) < 4.78 is 6.08. The zero-order valence-electron chi connectivity index (χ0n) is 9.76. The Hall–Kier alpha value is -1.52. The molecule has 1 aliphatic heterocycles. The first-order valence-electron chi connectivity index (χ1n) is 5.52. The molecule has 1 aliphatic rings. The number of aromatic amines is 1. The fourth-order valence-electron chi connectivity index (χ4n) is 2.01. The van der Waals surface area contributed by atoms with Crippen molar-refractivity contribution in [1.29, 1.82) is 0 Å². The molecule has 0 bridgehead atoms. The van der Waals surface area contributed by atoms with Crippen LogP contribution in [0.1, 0.15) is 6.23 Å². The molecule has 3 unspecified atom stereocenters. The van der Waals surface area contributed by atoms with Gasteiger partial charge in [-0.2, -0.15) is 0 Å². The van der Waals surface area contributed by atoms with Crippen LogP contribution in [0.2, 0.25) is 0 Å². The summed E-state index contributed by atoms with van der Waals surface area (Å²) in [6.07, 6.45) is -3.35. The summed E-state index contributed by atoms with van der Waals surface area (Å²) in [6, 6.07) is 1.04. The highest BCUT2D eigenvalue weighted by Crippen LogP contribution is 2.35. The summed E-state index contributed by atoms with van der Waals surface area (Å²) in [5.41, 5.74) is -3.22. The molecule has 1 aromatic rings. The van der Waals surface area contributed by atoms with Crippen LogP contribution in [0, 0.1) is 0 Å². The fourth-order valence-corrected chi connectivity index (χ4v) is 2.01. The zero-order chi connectivity index (χ0) is 14.2. The van der Waals surface area contributed by atoms with Gasteiger partial charge in [-0.1, -0.05) is 0 Å². The van der Waals surface area contributed by atoms with Gasteiger partial charge in [0, 0.05) is 12.3 Å². The molecule has 9 nitrogen and oxygen atoms in total. The predicted octanol–water partition coefficient (Wildman–Crippen LogP) is -3.49. The lowest BCUT2D eigenvalue weighted by molar-refractivity contribution is -0.150. The van der Waals surface area contributed by atoms with E-state index in [1.807, 2.05) is 4.98 Å². The average Bonchev–Trinajstić information content (AvgIpc) is 2.64. The molecule has 3 atom stereocenters. The predicted molar refractivity (Wildman–Crippen MR) is 60.4 cm³/mol. The summed E-state index contributed by atoms with van der Waals surface area (Å²) >= 11 is 0. The van der Waals surface area contributed by atoms with Crippen molar-refractivity contribution in [3.05, 3.63) is 33.1 Å². The molecule has 0 radical (unpaired) electrons. The van der Waals surface area contributed by atoms with Crippen molar-refractivity contribution in [3.8, 4) is 0 Å². The molecule has 0 aliphatic carbocycles. The minimum Gasteiger partial charge on any atom is -0.393 e. The van der Waals surface area contributed by atoms with E-state index in [-0.39, 0.29) is 0 Å². The maximum atomic E-state index is 11.6. The molecular weight excluding hydrogens is 260 g/mol. The van der Waals surface area contributed by atoms with Crippen LogP contribution in [0.15, 0.2) is 21.9 Å². The molecule has 0 aromatic carbocycles. The largest absolute Gasteiger partial charge is 0.393 e. The van der Waals surface area contributed by atoms with E-state index >= 15 is 0 Å². The Labute approximate surface area is 106 Å². The normalized spacial score (nSPS) is 29.6. The highest BCUT2D eigenvalue weighted by atomic mass is 16.6. The Kier molecular flexibility index (Phi) is 3.56. The van der Waals surface area contributed by atoms with Gasteiger partial charge < -0.3 is 25.2 Å². The minimum absolute atomic E-state index is 0.620. The Morgan fingerprint density at radius 2 is 1.95 bits per heavy atom. The van der Waals surface area contributed by atoms with Gasteiger partial charge in [-0.3, -0.25) is 14.3 Å². The lowest BCUT2D eigenvalue weighted by Gasteiger charge is -2.27. The standard InChI is InChI=1S/C10H14N2O7/c13-3-10(4-14)7(17)6(16)8(19-10)12-2-1-5(15)11-9(12)18/h1-2,6-8,13-14,16-17H,3-4H2,(H,11,15,18). The molecule has 9 heteroatoms. The van der Waals surface area contributed by atoms with E-state index in [0.717, 1.165) is 16.8 Å². The summed E-state index contributed by atoms with van der Waals surface area (Å²) in [4.78, 5) is 24.5.